The first kappa shape index (κ1) is 15.1. The lowest BCUT2D eigenvalue weighted by Crippen LogP contribution is -2.31. The highest BCUT2D eigenvalue weighted by atomic mass is 35.5. The van der Waals surface area contributed by atoms with Gasteiger partial charge in [-0.25, -0.2) is 0 Å². The Morgan fingerprint density at radius 2 is 2.10 bits per heavy atom. The second kappa shape index (κ2) is 6.46. The molecule has 1 heterocycles. The van der Waals surface area contributed by atoms with Gasteiger partial charge in [0.25, 0.3) is 0 Å². The van der Waals surface area contributed by atoms with E-state index in [2.05, 4.69) is 0 Å². The van der Waals surface area contributed by atoms with Gasteiger partial charge in [0.15, 0.2) is 0 Å². The maximum absolute atomic E-state index is 12.1. The van der Waals surface area contributed by atoms with Crippen molar-refractivity contribution in [3.8, 4) is 0 Å². The van der Waals surface area contributed by atoms with Crippen LogP contribution in [0.5, 0.6) is 0 Å². The Morgan fingerprint density at radius 1 is 1.35 bits per heavy atom. The maximum atomic E-state index is 12.1. The van der Waals surface area contributed by atoms with Crippen LogP contribution in [-0.4, -0.2) is 29.8 Å². The second-order valence-corrected chi connectivity index (χ2v) is 5.73. The smallest absolute Gasteiger partial charge is 0.222 e. The van der Waals surface area contributed by atoms with E-state index in [0.717, 1.165) is 5.56 Å². The molecule has 4 nitrogen and oxygen atoms in total. The zero-order chi connectivity index (χ0) is 14.7. The van der Waals surface area contributed by atoms with Gasteiger partial charge in [0, 0.05) is 19.5 Å². The predicted molar refractivity (Wildman–Crippen MR) is 78.7 cm³/mol. The number of hydrogen-bond acceptors (Lipinski definition) is 2. The van der Waals surface area contributed by atoms with Crippen LogP contribution in [0.2, 0.25) is 10.0 Å². The van der Waals surface area contributed by atoms with Crippen LogP contribution < -0.4 is 5.73 Å². The molecule has 0 aromatic heterocycles. The van der Waals surface area contributed by atoms with Crippen molar-refractivity contribution < 1.29 is 9.59 Å². The quantitative estimate of drug-likeness (QED) is 0.926. The summed E-state index contributed by atoms with van der Waals surface area (Å²) in [6.07, 6.45) is 1.54. The van der Waals surface area contributed by atoms with Crippen molar-refractivity contribution >= 4 is 35.0 Å². The monoisotopic (exact) mass is 314 g/mol. The minimum absolute atomic E-state index is 0.0183. The molecule has 108 valence electrons. The van der Waals surface area contributed by atoms with Gasteiger partial charge in [-0.05, 0) is 24.5 Å². The average Bonchev–Trinajstić information content (AvgIpc) is 2.90. The predicted octanol–water partition coefficient (Wildman–Crippen LogP) is 2.26. The molecule has 2 rings (SSSR count). The first-order valence-corrected chi connectivity index (χ1v) is 7.24. The SMILES string of the molecule is NC(=O)[C@@H]1CCN(C(=O)CCc2cccc(Cl)c2Cl)C1. The van der Waals surface area contributed by atoms with E-state index >= 15 is 0 Å². The minimum atomic E-state index is -0.335. The molecule has 2 amide bonds. The van der Waals surface area contributed by atoms with Gasteiger partial charge in [0.05, 0.1) is 16.0 Å². The van der Waals surface area contributed by atoms with Crippen molar-refractivity contribution in [2.75, 3.05) is 13.1 Å². The normalized spacial score (nSPS) is 18.3. The van der Waals surface area contributed by atoms with E-state index in [0.29, 0.717) is 42.4 Å². The Bertz CT molecular complexity index is 534. The fraction of sp³-hybridized carbons (Fsp3) is 0.429. The second-order valence-electron chi connectivity index (χ2n) is 4.94. The Morgan fingerprint density at radius 3 is 2.75 bits per heavy atom. The molecule has 0 saturated carbocycles. The van der Waals surface area contributed by atoms with Crippen molar-refractivity contribution in [2.24, 2.45) is 11.7 Å². The third-order valence-electron chi connectivity index (χ3n) is 3.58. The van der Waals surface area contributed by atoms with E-state index in [1.54, 1.807) is 11.0 Å². The van der Waals surface area contributed by atoms with Gasteiger partial charge in [0.1, 0.15) is 0 Å². The molecule has 2 N–H and O–H groups in total. The number of halogens is 2. The molecule has 0 spiro atoms. The van der Waals surface area contributed by atoms with E-state index in [-0.39, 0.29) is 17.7 Å². The molecule has 1 fully saturated rings. The number of carbonyl (C=O) groups excluding carboxylic acids is 2. The van der Waals surface area contributed by atoms with Crippen LogP contribution in [0.4, 0.5) is 0 Å². The first-order chi connectivity index (χ1) is 9.49. The average molecular weight is 315 g/mol. The Labute approximate surface area is 127 Å². The van der Waals surface area contributed by atoms with Gasteiger partial charge in [-0.1, -0.05) is 35.3 Å². The topological polar surface area (TPSA) is 63.4 Å². The number of aryl methyl sites for hydroxylation is 1. The van der Waals surface area contributed by atoms with Crippen molar-refractivity contribution in [1.82, 2.24) is 4.90 Å². The molecular weight excluding hydrogens is 299 g/mol. The van der Waals surface area contributed by atoms with Crippen molar-refractivity contribution in [1.29, 1.82) is 0 Å². The van der Waals surface area contributed by atoms with E-state index in [9.17, 15) is 9.59 Å². The molecule has 1 aliphatic heterocycles. The van der Waals surface area contributed by atoms with Crippen LogP contribution in [0, 0.1) is 5.92 Å². The summed E-state index contributed by atoms with van der Waals surface area (Å²) in [5, 5.41) is 0.991. The molecule has 20 heavy (non-hydrogen) atoms. The number of hydrogen-bond donors (Lipinski definition) is 1. The molecule has 6 heteroatoms. The van der Waals surface area contributed by atoms with E-state index in [1.165, 1.54) is 0 Å². The molecule has 1 aromatic carbocycles. The van der Waals surface area contributed by atoms with E-state index in [1.807, 2.05) is 12.1 Å². The summed E-state index contributed by atoms with van der Waals surface area (Å²) in [4.78, 5) is 24.9. The van der Waals surface area contributed by atoms with Crippen LogP contribution in [0.25, 0.3) is 0 Å². The standard InChI is InChI=1S/C14H16Cl2N2O2/c15-11-3-1-2-9(13(11)16)4-5-12(19)18-7-6-10(8-18)14(17)20/h1-3,10H,4-8H2,(H2,17,20)/t10-/m1/s1. The maximum Gasteiger partial charge on any atom is 0.222 e. The van der Waals surface area contributed by atoms with Crippen LogP contribution in [0.3, 0.4) is 0 Å². The van der Waals surface area contributed by atoms with Crippen molar-refractivity contribution in [3.63, 3.8) is 0 Å². The molecular formula is C14H16Cl2N2O2. The highest BCUT2D eigenvalue weighted by Crippen LogP contribution is 2.26. The summed E-state index contributed by atoms with van der Waals surface area (Å²) in [7, 11) is 0. The summed E-state index contributed by atoms with van der Waals surface area (Å²) in [5.74, 6) is -0.531. The first-order valence-electron chi connectivity index (χ1n) is 6.49. The van der Waals surface area contributed by atoms with E-state index < -0.39 is 0 Å². The van der Waals surface area contributed by atoms with Gasteiger partial charge in [0.2, 0.25) is 11.8 Å². The molecule has 0 radical (unpaired) electrons. The molecule has 1 aromatic rings. The number of nitrogens with zero attached hydrogens (tertiary/aromatic N) is 1. The zero-order valence-electron chi connectivity index (χ0n) is 10.9. The Hall–Kier alpha value is -1.26. The van der Waals surface area contributed by atoms with Gasteiger partial charge < -0.3 is 10.6 Å². The van der Waals surface area contributed by atoms with Crippen LogP contribution >= 0.6 is 23.2 Å². The molecule has 0 unspecified atom stereocenters. The lowest BCUT2D eigenvalue weighted by Gasteiger charge is -2.16. The number of likely N-dealkylation sites (tertiary alicyclic amines) is 1. The van der Waals surface area contributed by atoms with Crippen LogP contribution in [0.15, 0.2) is 18.2 Å². The number of rotatable bonds is 4. The van der Waals surface area contributed by atoms with Crippen molar-refractivity contribution in [3.05, 3.63) is 33.8 Å². The van der Waals surface area contributed by atoms with E-state index in [4.69, 9.17) is 28.9 Å². The van der Waals surface area contributed by atoms with Gasteiger partial charge in [-0.2, -0.15) is 0 Å². The third-order valence-corrected chi connectivity index (χ3v) is 4.44. The lowest BCUT2D eigenvalue weighted by atomic mass is 10.1. The van der Waals surface area contributed by atoms with Gasteiger partial charge >= 0.3 is 0 Å². The summed E-state index contributed by atoms with van der Waals surface area (Å²) >= 11 is 12.0. The highest BCUT2D eigenvalue weighted by molar-refractivity contribution is 6.42. The Balaban J connectivity index is 1.90. The largest absolute Gasteiger partial charge is 0.369 e. The number of primary amides is 1. The third kappa shape index (κ3) is 3.44. The Kier molecular flexibility index (Phi) is 4.89. The van der Waals surface area contributed by atoms with Gasteiger partial charge in [-0.3, -0.25) is 9.59 Å². The fourth-order valence-electron chi connectivity index (χ4n) is 2.36. The van der Waals surface area contributed by atoms with Gasteiger partial charge in [-0.15, -0.1) is 0 Å². The van der Waals surface area contributed by atoms with Crippen molar-refractivity contribution in [2.45, 2.75) is 19.3 Å². The molecule has 1 atom stereocenters. The summed E-state index contributed by atoms with van der Waals surface area (Å²) in [6.45, 7) is 1.02. The minimum Gasteiger partial charge on any atom is -0.369 e. The summed E-state index contributed by atoms with van der Waals surface area (Å²) < 4.78 is 0. The zero-order valence-corrected chi connectivity index (χ0v) is 12.5. The number of benzene rings is 1. The fourth-order valence-corrected chi connectivity index (χ4v) is 2.77. The summed E-state index contributed by atoms with van der Waals surface area (Å²) in [5.41, 5.74) is 6.11. The highest BCUT2D eigenvalue weighted by Gasteiger charge is 2.29. The number of nitrogens with two attached hydrogens (primary N) is 1. The van der Waals surface area contributed by atoms with Crippen LogP contribution in [0.1, 0.15) is 18.4 Å². The number of amides is 2. The molecule has 1 saturated heterocycles. The lowest BCUT2D eigenvalue weighted by molar-refractivity contribution is -0.130. The number of carbonyl (C=O) groups is 2. The molecule has 0 bridgehead atoms. The molecule has 0 aliphatic carbocycles. The molecule has 1 aliphatic rings. The summed E-state index contributed by atoms with van der Waals surface area (Å²) in [6, 6.07) is 5.39. The van der Waals surface area contributed by atoms with Crippen LogP contribution in [-0.2, 0) is 16.0 Å².